The van der Waals surface area contributed by atoms with Crippen molar-refractivity contribution in [1.82, 2.24) is 4.98 Å². The lowest BCUT2D eigenvalue weighted by molar-refractivity contribution is 0.415. The van der Waals surface area contributed by atoms with E-state index in [0.29, 0.717) is 0 Å². The number of benzene rings is 1. The van der Waals surface area contributed by atoms with Crippen LogP contribution in [0.5, 0.6) is 5.75 Å². The van der Waals surface area contributed by atoms with E-state index in [4.69, 9.17) is 4.74 Å². The molecule has 2 heteroatoms. The van der Waals surface area contributed by atoms with E-state index in [0.717, 1.165) is 23.6 Å². The van der Waals surface area contributed by atoms with Crippen LogP contribution in [0.4, 0.5) is 0 Å². The molecule has 0 radical (unpaired) electrons. The molecule has 1 aliphatic carbocycles. The third-order valence-electron chi connectivity index (χ3n) is 3.57. The molecule has 1 heterocycles. The maximum absolute atomic E-state index is 5.25. The highest BCUT2D eigenvalue weighted by Gasteiger charge is 2.27. The summed E-state index contributed by atoms with van der Waals surface area (Å²) in [5.74, 6) is 1.65. The average molecular weight is 257 g/mol. The number of methoxy groups -OCH3 is 1. The summed E-state index contributed by atoms with van der Waals surface area (Å²) in [6, 6.07) is 6.23. The van der Waals surface area contributed by atoms with E-state index in [1.165, 1.54) is 29.4 Å². The third-order valence-corrected chi connectivity index (χ3v) is 3.57. The number of ether oxygens (including phenoxy) is 1. The molecule has 0 saturated heterocycles. The molecule has 2 nitrogen and oxygen atoms in total. The average Bonchev–Trinajstić information content (AvgIpc) is 3.32. The molecular formula is C17H23NO. The van der Waals surface area contributed by atoms with Gasteiger partial charge in [0.05, 0.1) is 12.6 Å². The highest BCUT2D eigenvalue weighted by atomic mass is 16.5. The van der Waals surface area contributed by atoms with E-state index in [1.807, 2.05) is 32.2 Å². The first-order valence-corrected chi connectivity index (χ1v) is 7.29. The maximum Gasteiger partial charge on any atom is 0.121 e. The summed E-state index contributed by atoms with van der Waals surface area (Å²) in [6.45, 7) is 6.21. The predicted octanol–water partition coefficient (Wildman–Crippen LogP) is 4.71. The van der Waals surface area contributed by atoms with Crippen LogP contribution in [0, 0.1) is 0 Å². The van der Waals surface area contributed by atoms with Gasteiger partial charge in [-0.1, -0.05) is 20.8 Å². The standard InChI is InChI=1S/C15H17NO.C2H6/c1-3-10-9-16-14-8-12(17-2)6-7-13(14)15(10)11-4-5-11;1-2/h6-9,11H,3-5H2,1-2H3;1-2H3. The van der Waals surface area contributed by atoms with Gasteiger partial charge in [-0.05, 0) is 48.4 Å². The summed E-state index contributed by atoms with van der Waals surface area (Å²) in [6.07, 6.45) is 5.77. The van der Waals surface area contributed by atoms with Gasteiger partial charge >= 0.3 is 0 Å². The lowest BCUT2D eigenvalue weighted by Crippen LogP contribution is -1.95. The molecule has 0 N–H and O–H groups in total. The first-order valence-electron chi connectivity index (χ1n) is 7.29. The van der Waals surface area contributed by atoms with Crippen molar-refractivity contribution in [3.05, 3.63) is 35.5 Å². The molecule has 1 aromatic carbocycles. The molecule has 1 saturated carbocycles. The summed E-state index contributed by atoms with van der Waals surface area (Å²) < 4.78 is 5.25. The van der Waals surface area contributed by atoms with E-state index < -0.39 is 0 Å². The van der Waals surface area contributed by atoms with Crippen LogP contribution in [-0.4, -0.2) is 12.1 Å². The predicted molar refractivity (Wildman–Crippen MR) is 81.0 cm³/mol. The quantitative estimate of drug-likeness (QED) is 0.794. The van der Waals surface area contributed by atoms with E-state index in [9.17, 15) is 0 Å². The van der Waals surface area contributed by atoms with Crippen LogP contribution < -0.4 is 4.74 Å². The van der Waals surface area contributed by atoms with Crippen molar-refractivity contribution in [3.63, 3.8) is 0 Å². The van der Waals surface area contributed by atoms with Crippen molar-refractivity contribution in [3.8, 4) is 5.75 Å². The van der Waals surface area contributed by atoms with Crippen molar-refractivity contribution in [2.45, 2.75) is 46.0 Å². The Morgan fingerprint density at radius 2 is 2.00 bits per heavy atom. The molecular weight excluding hydrogens is 234 g/mol. The van der Waals surface area contributed by atoms with E-state index in [2.05, 4.69) is 18.0 Å². The fourth-order valence-electron chi connectivity index (χ4n) is 2.50. The summed E-state index contributed by atoms with van der Waals surface area (Å²) in [7, 11) is 1.70. The molecule has 1 aromatic heterocycles. The molecule has 19 heavy (non-hydrogen) atoms. The Kier molecular flexibility index (Phi) is 4.41. The SMILES string of the molecule is CC.CCc1cnc2cc(OC)ccc2c1C1CC1. The Labute approximate surface area is 115 Å². The van der Waals surface area contributed by atoms with Crippen molar-refractivity contribution in [1.29, 1.82) is 0 Å². The Morgan fingerprint density at radius 1 is 1.26 bits per heavy atom. The minimum Gasteiger partial charge on any atom is -0.497 e. The molecule has 3 rings (SSSR count). The molecule has 1 aliphatic rings. The number of hydrogen-bond acceptors (Lipinski definition) is 2. The second-order valence-corrected chi connectivity index (χ2v) is 4.71. The normalized spacial score (nSPS) is 13.9. The number of aromatic nitrogens is 1. The molecule has 0 aliphatic heterocycles. The topological polar surface area (TPSA) is 22.1 Å². The first kappa shape index (κ1) is 13.9. The zero-order chi connectivity index (χ0) is 13.8. The van der Waals surface area contributed by atoms with Crippen LogP contribution in [0.2, 0.25) is 0 Å². The van der Waals surface area contributed by atoms with Gasteiger partial charge in [0.1, 0.15) is 5.75 Å². The number of rotatable bonds is 3. The summed E-state index contributed by atoms with van der Waals surface area (Å²) in [4.78, 5) is 4.55. The first-order chi connectivity index (χ1) is 9.33. The number of fused-ring (bicyclic) bond motifs is 1. The van der Waals surface area contributed by atoms with E-state index in [-0.39, 0.29) is 0 Å². The second kappa shape index (κ2) is 6.05. The second-order valence-electron chi connectivity index (χ2n) is 4.71. The van der Waals surface area contributed by atoms with Crippen LogP contribution in [0.1, 0.15) is 50.7 Å². The molecule has 2 aromatic rings. The molecule has 0 bridgehead atoms. The van der Waals surface area contributed by atoms with Crippen LogP contribution >= 0.6 is 0 Å². The molecule has 0 spiro atoms. The third kappa shape index (κ3) is 2.73. The fourth-order valence-corrected chi connectivity index (χ4v) is 2.50. The number of hydrogen-bond donors (Lipinski definition) is 0. The number of nitrogens with zero attached hydrogens (tertiary/aromatic N) is 1. The van der Waals surface area contributed by atoms with Crippen molar-refractivity contribution >= 4 is 10.9 Å². The Hall–Kier alpha value is -1.57. The van der Waals surface area contributed by atoms with E-state index >= 15 is 0 Å². The molecule has 0 amide bonds. The van der Waals surface area contributed by atoms with Gasteiger partial charge in [-0.3, -0.25) is 4.98 Å². The smallest absolute Gasteiger partial charge is 0.121 e. The zero-order valence-corrected chi connectivity index (χ0v) is 12.4. The Morgan fingerprint density at radius 3 is 2.58 bits per heavy atom. The zero-order valence-electron chi connectivity index (χ0n) is 12.4. The highest BCUT2D eigenvalue weighted by molar-refractivity contribution is 5.85. The van der Waals surface area contributed by atoms with Crippen LogP contribution in [0.25, 0.3) is 10.9 Å². The van der Waals surface area contributed by atoms with Crippen LogP contribution in [-0.2, 0) is 6.42 Å². The van der Waals surface area contributed by atoms with Gasteiger partial charge < -0.3 is 4.74 Å². The Bertz CT molecular complexity index is 558. The van der Waals surface area contributed by atoms with Crippen molar-refractivity contribution in [2.75, 3.05) is 7.11 Å². The van der Waals surface area contributed by atoms with Gasteiger partial charge in [0, 0.05) is 17.6 Å². The molecule has 102 valence electrons. The lowest BCUT2D eigenvalue weighted by atomic mass is 9.98. The number of pyridine rings is 1. The van der Waals surface area contributed by atoms with Gasteiger partial charge in [0.15, 0.2) is 0 Å². The number of aryl methyl sites for hydroxylation is 1. The Balaban J connectivity index is 0.000000637. The van der Waals surface area contributed by atoms with Crippen molar-refractivity contribution < 1.29 is 4.74 Å². The van der Waals surface area contributed by atoms with Gasteiger partial charge in [-0.15, -0.1) is 0 Å². The molecule has 0 unspecified atom stereocenters. The van der Waals surface area contributed by atoms with Gasteiger partial charge in [0.25, 0.3) is 0 Å². The van der Waals surface area contributed by atoms with Crippen molar-refractivity contribution in [2.24, 2.45) is 0 Å². The van der Waals surface area contributed by atoms with Gasteiger partial charge in [0.2, 0.25) is 0 Å². The molecule has 0 atom stereocenters. The minimum atomic E-state index is 0.767. The van der Waals surface area contributed by atoms with E-state index in [1.54, 1.807) is 7.11 Å². The fraction of sp³-hybridized carbons (Fsp3) is 0.471. The summed E-state index contributed by atoms with van der Waals surface area (Å²) >= 11 is 0. The molecule has 1 fully saturated rings. The largest absolute Gasteiger partial charge is 0.497 e. The lowest BCUT2D eigenvalue weighted by Gasteiger charge is -2.11. The van der Waals surface area contributed by atoms with Crippen LogP contribution in [0.15, 0.2) is 24.4 Å². The highest BCUT2D eigenvalue weighted by Crippen LogP contribution is 2.44. The van der Waals surface area contributed by atoms with Crippen LogP contribution in [0.3, 0.4) is 0 Å². The minimum absolute atomic E-state index is 0.767. The summed E-state index contributed by atoms with van der Waals surface area (Å²) in [5, 5.41) is 1.31. The van der Waals surface area contributed by atoms with Gasteiger partial charge in [-0.2, -0.15) is 0 Å². The summed E-state index contributed by atoms with van der Waals surface area (Å²) in [5.41, 5.74) is 3.99. The monoisotopic (exact) mass is 257 g/mol. The maximum atomic E-state index is 5.25. The van der Waals surface area contributed by atoms with Gasteiger partial charge in [-0.25, -0.2) is 0 Å².